The number of imide groups is 1. The highest BCUT2D eigenvalue weighted by atomic mass is 35.5. The molecule has 1 N–H and O–H groups in total. The number of nitrogens with zero attached hydrogens (tertiary/aromatic N) is 1. The van der Waals surface area contributed by atoms with Gasteiger partial charge in [-0.2, -0.15) is 0 Å². The smallest absolute Gasteiger partial charge is 0.293 e. The van der Waals surface area contributed by atoms with Crippen molar-refractivity contribution in [2.75, 3.05) is 19.0 Å². The number of nitrogens with one attached hydrogen (secondary N) is 1. The maximum Gasteiger partial charge on any atom is 0.293 e. The van der Waals surface area contributed by atoms with Crippen LogP contribution in [0, 0.1) is 6.92 Å². The molecule has 3 aromatic carbocycles. The molecule has 7 nitrogen and oxygen atoms in total. The molecule has 3 amide bonds. The van der Waals surface area contributed by atoms with Gasteiger partial charge in [0.05, 0.1) is 28.6 Å². The minimum atomic E-state index is -0.409. The second kappa shape index (κ2) is 11.7. The van der Waals surface area contributed by atoms with Crippen LogP contribution in [0.5, 0.6) is 11.5 Å². The summed E-state index contributed by atoms with van der Waals surface area (Å²) in [6.07, 6.45) is 1.61. The van der Waals surface area contributed by atoms with Crippen LogP contribution in [0.4, 0.5) is 10.5 Å². The van der Waals surface area contributed by atoms with E-state index in [2.05, 4.69) is 5.32 Å². The van der Waals surface area contributed by atoms with E-state index in [9.17, 15) is 14.4 Å². The van der Waals surface area contributed by atoms with Crippen molar-refractivity contribution in [1.82, 2.24) is 4.90 Å². The van der Waals surface area contributed by atoms with Gasteiger partial charge in [0, 0.05) is 5.69 Å². The molecule has 0 unspecified atom stereocenters. The van der Waals surface area contributed by atoms with E-state index in [1.54, 1.807) is 48.5 Å². The van der Waals surface area contributed by atoms with E-state index in [0.717, 1.165) is 22.2 Å². The standard InChI is InChI=1S/C27H22Cl2N2O5S/c1-16-4-3-5-19(10-16)30-25(32)15-36-22-9-7-17(12-23(22)35-2)13-24-26(33)31(27(34)37-24)14-18-6-8-20(28)21(29)11-18/h3-13H,14-15H2,1-2H3,(H,30,32)/b24-13+. The molecule has 1 heterocycles. The van der Waals surface area contributed by atoms with Crippen molar-refractivity contribution in [2.45, 2.75) is 13.5 Å². The molecule has 0 aromatic heterocycles. The molecule has 1 saturated heterocycles. The fourth-order valence-corrected chi connectivity index (χ4v) is 4.72. The molecule has 0 spiro atoms. The predicted octanol–water partition coefficient (Wildman–Crippen LogP) is 6.56. The molecule has 0 atom stereocenters. The summed E-state index contributed by atoms with van der Waals surface area (Å²) in [5, 5.41) is 3.15. The average Bonchev–Trinajstić information content (AvgIpc) is 3.12. The van der Waals surface area contributed by atoms with Crippen LogP contribution in [0.1, 0.15) is 16.7 Å². The van der Waals surface area contributed by atoms with Crippen molar-refractivity contribution in [3.8, 4) is 11.5 Å². The fourth-order valence-electron chi connectivity index (χ4n) is 3.56. The van der Waals surface area contributed by atoms with Crippen molar-refractivity contribution in [3.05, 3.63) is 92.3 Å². The minimum absolute atomic E-state index is 0.0829. The van der Waals surface area contributed by atoms with E-state index >= 15 is 0 Å². The van der Waals surface area contributed by atoms with E-state index in [-0.39, 0.29) is 29.2 Å². The first-order valence-electron chi connectivity index (χ1n) is 11.1. The van der Waals surface area contributed by atoms with Crippen LogP contribution in [0.2, 0.25) is 10.0 Å². The van der Waals surface area contributed by atoms with Crippen molar-refractivity contribution in [1.29, 1.82) is 0 Å². The summed E-state index contributed by atoms with van der Waals surface area (Å²) in [7, 11) is 1.48. The summed E-state index contributed by atoms with van der Waals surface area (Å²) >= 11 is 12.8. The number of thioether (sulfide) groups is 1. The number of hydrogen-bond acceptors (Lipinski definition) is 6. The van der Waals surface area contributed by atoms with Crippen LogP contribution >= 0.6 is 35.0 Å². The summed E-state index contributed by atoms with van der Waals surface area (Å²) in [5.74, 6) is 0.0273. The van der Waals surface area contributed by atoms with Gasteiger partial charge in [-0.25, -0.2) is 0 Å². The number of rotatable bonds is 8. The Kier molecular flexibility index (Phi) is 8.43. The first-order valence-corrected chi connectivity index (χ1v) is 12.7. The molecule has 1 aliphatic heterocycles. The molecule has 1 fully saturated rings. The highest BCUT2D eigenvalue weighted by Crippen LogP contribution is 2.36. The lowest BCUT2D eigenvalue weighted by atomic mass is 10.1. The van der Waals surface area contributed by atoms with Crippen LogP contribution in [-0.2, 0) is 16.1 Å². The monoisotopic (exact) mass is 556 g/mol. The Morgan fingerprint density at radius 1 is 1.03 bits per heavy atom. The van der Waals surface area contributed by atoms with Crippen LogP contribution in [0.25, 0.3) is 6.08 Å². The molecule has 190 valence electrons. The quantitative estimate of drug-likeness (QED) is 0.316. The summed E-state index contributed by atoms with van der Waals surface area (Å²) in [6.45, 7) is 1.81. The number of amides is 3. The van der Waals surface area contributed by atoms with E-state index in [1.807, 2.05) is 25.1 Å². The van der Waals surface area contributed by atoms with E-state index in [0.29, 0.717) is 38.4 Å². The van der Waals surface area contributed by atoms with Gasteiger partial charge in [0.1, 0.15) is 0 Å². The molecule has 3 aromatic rings. The van der Waals surface area contributed by atoms with Gasteiger partial charge < -0.3 is 14.8 Å². The van der Waals surface area contributed by atoms with Gasteiger partial charge in [-0.15, -0.1) is 0 Å². The molecule has 0 aliphatic carbocycles. The molecule has 1 aliphatic rings. The molecule has 10 heteroatoms. The Bertz CT molecular complexity index is 1410. The number of carbonyl (C=O) groups excluding carboxylic acids is 3. The van der Waals surface area contributed by atoms with Crippen LogP contribution < -0.4 is 14.8 Å². The molecular weight excluding hydrogens is 535 g/mol. The third-order valence-electron chi connectivity index (χ3n) is 5.34. The minimum Gasteiger partial charge on any atom is -0.493 e. The van der Waals surface area contributed by atoms with Gasteiger partial charge in [0.2, 0.25) is 0 Å². The fraction of sp³-hybridized carbons (Fsp3) is 0.148. The average molecular weight is 557 g/mol. The van der Waals surface area contributed by atoms with Crippen LogP contribution in [0.15, 0.2) is 65.6 Å². The van der Waals surface area contributed by atoms with E-state index in [4.69, 9.17) is 32.7 Å². The highest BCUT2D eigenvalue weighted by molar-refractivity contribution is 8.18. The summed E-state index contributed by atoms with van der Waals surface area (Å²) < 4.78 is 11.1. The van der Waals surface area contributed by atoms with E-state index in [1.165, 1.54) is 7.11 Å². The van der Waals surface area contributed by atoms with Crippen molar-refractivity contribution >= 4 is 63.8 Å². The zero-order chi connectivity index (χ0) is 26.5. The van der Waals surface area contributed by atoms with Crippen LogP contribution in [-0.4, -0.2) is 35.7 Å². The number of benzene rings is 3. The zero-order valence-corrected chi connectivity index (χ0v) is 22.2. The Balaban J connectivity index is 1.42. The first-order chi connectivity index (χ1) is 17.7. The Morgan fingerprint density at radius 3 is 2.57 bits per heavy atom. The number of halogens is 2. The Labute approximate surface area is 228 Å². The van der Waals surface area contributed by atoms with Crippen LogP contribution in [0.3, 0.4) is 0 Å². The lowest BCUT2D eigenvalue weighted by molar-refractivity contribution is -0.123. The number of anilines is 1. The Hall–Kier alpha value is -3.46. The normalized spacial score (nSPS) is 14.3. The largest absolute Gasteiger partial charge is 0.493 e. The Morgan fingerprint density at radius 2 is 1.84 bits per heavy atom. The number of hydrogen-bond donors (Lipinski definition) is 1. The van der Waals surface area contributed by atoms with Crippen molar-refractivity contribution in [2.24, 2.45) is 0 Å². The topological polar surface area (TPSA) is 84.9 Å². The third-order valence-corrected chi connectivity index (χ3v) is 6.99. The van der Waals surface area contributed by atoms with Gasteiger partial charge in [0.15, 0.2) is 18.1 Å². The van der Waals surface area contributed by atoms with E-state index < -0.39 is 5.91 Å². The maximum absolute atomic E-state index is 12.9. The molecule has 0 saturated carbocycles. The molecular formula is C27H22Cl2N2O5S. The van der Waals surface area contributed by atoms with Gasteiger partial charge >= 0.3 is 0 Å². The summed E-state index contributed by atoms with van der Waals surface area (Å²) in [6, 6.07) is 17.4. The summed E-state index contributed by atoms with van der Waals surface area (Å²) in [5.41, 5.74) is 3.04. The van der Waals surface area contributed by atoms with Gasteiger partial charge in [-0.05, 0) is 77.9 Å². The van der Waals surface area contributed by atoms with Gasteiger partial charge in [-0.1, -0.05) is 47.5 Å². The molecule has 37 heavy (non-hydrogen) atoms. The summed E-state index contributed by atoms with van der Waals surface area (Å²) in [4.78, 5) is 39.1. The zero-order valence-electron chi connectivity index (χ0n) is 19.9. The van der Waals surface area contributed by atoms with Gasteiger partial charge in [0.25, 0.3) is 17.1 Å². The maximum atomic E-state index is 12.9. The predicted molar refractivity (Wildman–Crippen MR) is 146 cm³/mol. The SMILES string of the molecule is COc1cc(/C=C2/SC(=O)N(Cc3ccc(Cl)c(Cl)c3)C2=O)ccc1OCC(=O)Nc1cccc(C)c1. The molecule has 0 bridgehead atoms. The number of aryl methyl sites for hydroxylation is 1. The lowest BCUT2D eigenvalue weighted by Crippen LogP contribution is -2.27. The van der Waals surface area contributed by atoms with Gasteiger partial charge in [-0.3, -0.25) is 19.3 Å². The van der Waals surface area contributed by atoms with Crippen molar-refractivity contribution in [3.63, 3.8) is 0 Å². The molecule has 0 radical (unpaired) electrons. The third kappa shape index (κ3) is 6.65. The number of ether oxygens (including phenoxy) is 2. The first kappa shape index (κ1) is 26.6. The molecule has 4 rings (SSSR count). The number of methoxy groups -OCH3 is 1. The second-order valence-electron chi connectivity index (χ2n) is 8.13. The highest BCUT2D eigenvalue weighted by Gasteiger charge is 2.35. The van der Waals surface area contributed by atoms with Crippen molar-refractivity contribution < 1.29 is 23.9 Å². The lowest BCUT2D eigenvalue weighted by Gasteiger charge is -2.13. The second-order valence-corrected chi connectivity index (χ2v) is 9.94. The number of carbonyl (C=O) groups is 3.